The van der Waals surface area contributed by atoms with Crippen molar-refractivity contribution in [2.24, 2.45) is 0 Å². The third-order valence-electron chi connectivity index (χ3n) is 0.902. The maximum absolute atomic E-state index is 10.3. The molecule has 0 atom stereocenters. The van der Waals surface area contributed by atoms with E-state index in [2.05, 4.69) is 4.98 Å². The molecule has 8 heteroatoms. The third kappa shape index (κ3) is 6.35. The van der Waals surface area contributed by atoms with E-state index in [1.165, 1.54) is 18.3 Å². The van der Waals surface area contributed by atoms with Gasteiger partial charge >= 0.3 is 29.6 Å². The Morgan fingerprint density at radius 1 is 1.23 bits per heavy atom. The molecule has 0 bridgehead atoms. The maximum Gasteiger partial charge on any atom is 2.00 e. The number of halogens is 2. The van der Waals surface area contributed by atoms with Gasteiger partial charge in [0.1, 0.15) is 0 Å². The van der Waals surface area contributed by atoms with Gasteiger partial charge in [0.05, 0.1) is 0 Å². The zero-order valence-electron chi connectivity index (χ0n) is 6.39. The summed E-state index contributed by atoms with van der Waals surface area (Å²) in [7, 11) is -4.11. The quantitative estimate of drug-likeness (QED) is 0.414. The number of nitrogens with zero attached hydrogens (tertiary/aromatic N) is 1. The minimum absolute atomic E-state index is 0. The van der Waals surface area contributed by atoms with Gasteiger partial charge in [0.25, 0.3) is 0 Å². The summed E-state index contributed by atoms with van der Waals surface area (Å²) < 4.78 is 29.1. The van der Waals surface area contributed by atoms with E-state index in [9.17, 15) is 8.42 Å². The molecule has 1 aromatic heterocycles. The molecule has 0 fully saturated rings. The Morgan fingerprint density at radius 2 is 1.77 bits per heavy atom. The summed E-state index contributed by atoms with van der Waals surface area (Å²) in [6.07, 6.45) is 1.29. The molecule has 13 heavy (non-hydrogen) atoms. The molecule has 0 saturated carbocycles. The van der Waals surface area contributed by atoms with Crippen molar-refractivity contribution in [2.45, 2.75) is 5.03 Å². The summed E-state index contributed by atoms with van der Waals surface area (Å²) in [5.41, 5.74) is 0. The molecular weight excluding hydrogens is 290 g/mol. The first kappa shape index (κ1) is 18.9. The van der Waals surface area contributed by atoms with Crippen LogP contribution in [0.4, 0.5) is 0 Å². The average Bonchev–Trinajstić information content (AvgIpc) is 1.88. The van der Waals surface area contributed by atoms with Crippen LogP contribution < -0.4 is 24.8 Å². The van der Waals surface area contributed by atoms with E-state index in [4.69, 9.17) is 4.55 Å². The molecule has 0 spiro atoms. The van der Waals surface area contributed by atoms with Crippen molar-refractivity contribution in [1.82, 2.24) is 4.98 Å². The summed E-state index contributed by atoms with van der Waals surface area (Å²) in [6, 6.07) is 4.26. The summed E-state index contributed by atoms with van der Waals surface area (Å²) in [6.45, 7) is 0. The molecule has 0 aromatic carbocycles. The van der Waals surface area contributed by atoms with Gasteiger partial charge < -0.3 is 24.8 Å². The van der Waals surface area contributed by atoms with Gasteiger partial charge in [-0.1, -0.05) is 6.07 Å². The Bertz CT molecular complexity index is 318. The number of aromatic nitrogens is 1. The van der Waals surface area contributed by atoms with E-state index in [-0.39, 0.29) is 49.3 Å². The Balaban J connectivity index is -0.000000333. The Kier molecular flexibility index (Phi) is 11.1. The Morgan fingerprint density at radius 3 is 2.00 bits per heavy atom. The normalized spacial score (nSPS) is 8.69. The number of hydrogen-bond acceptors (Lipinski definition) is 3. The van der Waals surface area contributed by atoms with Crippen LogP contribution in [0.2, 0.25) is 0 Å². The van der Waals surface area contributed by atoms with Crippen molar-refractivity contribution >= 4 is 10.1 Å². The zero-order valence-corrected chi connectivity index (χ0v) is 11.7. The monoisotopic (exact) mass is 293 g/mol. The van der Waals surface area contributed by atoms with E-state index in [1.807, 2.05) is 0 Å². The van der Waals surface area contributed by atoms with Crippen LogP contribution >= 0.6 is 0 Å². The van der Waals surface area contributed by atoms with E-state index in [0.717, 1.165) is 0 Å². The molecule has 1 rings (SSSR count). The maximum atomic E-state index is 10.3. The number of hydrogen-bond donors (Lipinski definition) is 1. The molecule has 70 valence electrons. The average molecular weight is 295 g/mol. The summed E-state index contributed by atoms with van der Waals surface area (Å²) in [5, 5.41) is -0.324. The summed E-state index contributed by atoms with van der Waals surface area (Å²) >= 11 is 0. The fourth-order valence-corrected chi connectivity index (χ4v) is 0.944. The molecule has 0 saturated heterocycles. The fraction of sp³-hybridized carbons (Fsp3) is 0. The van der Waals surface area contributed by atoms with Crippen LogP contribution in [-0.2, 0) is 29.6 Å². The van der Waals surface area contributed by atoms with Gasteiger partial charge in [-0.05, 0) is 12.1 Å². The second-order valence-electron chi connectivity index (χ2n) is 1.64. The Labute approximate surface area is 101 Å². The molecule has 0 aliphatic heterocycles. The van der Waals surface area contributed by atoms with Crippen molar-refractivity contribution < 1.29 is 57.3 Å². The van der Waals surface area contributed by atoms with Crippen LogP contribution in [-0.4, -0.2) is 18.0 Å². The minimum atomic E-state index is -4.11. The van der Waals surface area contributed by atoms with Crippen LogP contribution in [0, 0.1) is 0 Å². The number of pyridine rings is 1. The summed E-state index contributed by atoms with van der Waals surface area (Å²) in [4.78, 5) is 3.41. The second-order valence-corrected chi connectivity index (χ2v) is 3.01. The SMILES string of the molecule is O=S(=O)(O)c1ccccn1.[Cl-].[Cl-].[Zn+2]. The summed E-state index contributed by atoms with van der Waals surface area (Å²) in [5.74, 6) is 0. The molecular formula is C5H5Cl2NO3SZn. The third-order valence-corrected chi connectivity index (χ3v) is 1.67. The van der Waals surface area contributed by atoms with Gasteiger partial charge in [0.2, 0.25) is 0 Å². The molecule has 0 radical (unpaired) electrons. The first-order valence-corrected chi connectivity index (χ1v) is 3.93. The van der Waals surface area contributed by atoms with Gasteiger partial charge in [0, 0.05) is 6.20 Å². The van der Waals surface area contributed by atoms with Gasteiger partial charge in [-0.15, -0.1) is 0 Å². The molecule has 1 heterocycles. The van der Waals surface area contributed by atoms with Gasteiger partial charge in [-0.25, -0.2) is 4.98 Å². The van der Waals surface area contributed by atoms with Gasteiger partial charge in [0.15, 0.2) is 5.03 Å². The Hall–Kier alpha value is 0.263. The molecule has 1 aromatic rings. The van der Waals surface area contributed by atoms with Crippen molar-refractivity contribution in [3.8, 4) is 0 Å². The van der Waals surface area contributed by atoms with Crippen molar-refractivity contribution in [3.05, 3.63) is 24.4 Å². The van der Waals surface area contributed by atoms with E-state index < -0.39 is 10.1 Å². The van der Waals surface area contributed by atoms with Crippen molar-refractivity contribution in [2.75, 3.05) is 0 Å². The van der Waals surface area contributed by atoms with Crippen molar-refractivity contribution in [1.29, 1.82) is 0 Å². The predicted octanol–water partition coefficient (Wildman–Crippen LogP) is -5.67. The fourth-order valence-electron chi connectivity index (χ4n) is 0.500. The van der Waals surface area contributed by atoms with Gasteiger partial charge in [-0.3, -0.25) is 4.55 Å². The largest absolute Gasteiger partial charge is 2.00 e. The van der Waals surface area contributed by atoms with Crippen LogP contribution in [0.25, 0.3) is 0 Å². The molecule has 0 aliphatic carbocycles. The molecule has 0 unspecified atom stereocenters. The molecule has 0 aliphatic rings. The standard InChI is InChI=1S/C5H5NO3S.2ClH.Zn/c7-10(8,9)5-3-1-2-4-6-5;;;/h1-4H,(H,7,8,9);2*1H;/q;;;+2/p-2. The smallest absolute Gasteiger partial charge is 1.00 e. The first-order valence-electron chi connectivity index (χ1n) is 2.49. The first-order chi connectivity index (χ1) is 4.61. The van der Waals surface area contributed by atoms with E-state index in [0.29, 0.717) is 0 Å². The molecule has 1 N–H and O–H groups in total. The number of rotatable bonds is 1. The van der Waals surface area contributed by atoms with E-state index >= 15 is 0 Å². The molecule has 0 amide bonds. The topological polar surface area (TPSA) is 67.3 Å². The van der Waals surface area contributed by atoms with Crippen LogP contribution in [0.15, 0.2) is 29.4 Å². The minimum Gasteiger partial charge on any atom is -1.00 e. The van der Waals surface area contributed by atoms with Crippen LogP contribution in [0.3, 0.4) is 0 Å². The van der Waals surface area contributed by atoms with Crippen molar-refractivity contribution in [3.63, 3.8) is 0 Å². The van der Waals surface area contributed by atoms with Gasteiger partial charge in [-0.2, -0.15) is 8.42 Å². The predicted molar refractivity (Wildman–Crippen MR) is 34.1 cm³/mol. The zero-order chi connectivity index (χ0) is 7.61. The second kappa shape index (κ2) is 7.65. The van der Waals surface area contributed by atoms with Crippen LogP contribution in [0.5, 0.6) is 0 Å². The molecule has 4 nitrogen and oxygen atoms in total. The van der Waals surface area contributed by atoms with E-state index in [1.54, 1.807) is 6.07 Å². The van der Waals surface area contributed by atoms with Crippen LogP contribution in [0.1, 0.15) is 0 Å².